The van der Waals surface area contributed by atoms with Gasteiger partial charge in [0.2, 0.25) is 11.8 Å². The molecule has 2 amide bonds. The van der Waals surface area contributed by atoms with E-state index >= 15 is 0 Å². The Morgan fingerprint density at radius 3 is 2.56 bits per heavy atom. The van der Waals surface area contributed by atoms with Crippen molar-refractivity contribution < 1.29 is 14.7 Å². The smallest absolute Gasteiger partial charge is 0.242 e. The molecule has 2 aliphatic heterocycles. The molecule has 3 rings (SSSR count). The average molecular weight is 340 g/mol. The Kier molecular flexibility index (Phi) is 4.82. The van der Waals surface area contributed by atoms with Crippen molar-refractivity contribution in [3.63, 3.8) is 0 Å². The van der Waals surface area contributed by atoms with Crippen molar-refractivity contribution in [2.45, 2.75) is 38.8 Å². The number of piperazine rings is 1. The first-order valence-corrected chi connectivity index (χ1v) is 8.71. The lowest BCUT2D eigenvalue weighted by Crippen LogP contribution is -2.73. The third-order valence-corrected chi connectivity index (χ3v) is 5.00. The molecule has 3 atom stereocenters. The van der Waals surface area contributed by atoms with Crippen LogP contribution >= 0.6 is 0 Å². The van der Waals surface area contributed by atoms with E-state index in [1.165, 1.54) is 6.92 Å². The lowest BCUT2D eigenvalue weighted by molar-refractivity contribution is -0.166. The van der Waals surface area contributed by atoms with Gasteiger partial charge in [0.05, 0.1) is 25.2 Å². The summed E-state index contributed by atoms with van der Waals surface area (Å²) in [5.74, 6) is 6.48. The van der Waals surface area contributed by atoms with Crippen LogP contribution in [-0.4, -0.2) is 58.5 Å². The molecule has 132 valence electrons. The molecule has 1 aromatic carbocycles. The number of fused-ring (bicyclic) bond motifs is 1. The Morgan fingerprint density at radius 1 is 1.32 bits per heavy atom. The molecule has 1 N–H and O–H groups in total. The Bertz CT molecular complexity index is 730. The molecule has 2 heterocycles. The second kappa shape index (κ2) is 6.89. The van der Waals surface area contributed by atoms with Gasteiger partial charge in [0.15, 0.2) is 0 Å². The SMILES string of the molecule is CC(=O)N1CC(=O)N2[C@@H](CO)[C@H](c3ccc(C#CC(C)C)cc3)[C@@H]2C1. The number of rotatable bonds is 2. The van der Waals surface area contributed by atoms with Crippen molar-refractivity contribution >= 4 is 11.8 Å². The van der Waals surface area contributed by atoms with Crippen LogP contribution in [0.25, 0.3) is 0 Å². The summed E-state index contributed by atoms with van der Waals surface area (Å²) in [5, 5.41) is 9.75. The van der Waals surface area contributed by atoms with Gasteiger partial charge in [0.1, 0.15) is 0 Å². The molecule has 25 heavy (non-hydrogen) atoms. The molecule has 5 heteroatoms. The monoisotopic (exact) mass is 340 g/mol. The zero-order valence-electron chi connectivity index (χ0n) is 14.9. The quantitative estimate of drug-likeness (QED) is 0.824. The van der Waals surface area contributed by atoms with Crippen LogP contribution in [0.2, 0.25) is 0 Å². The highest BCUT2D eigenvalue weighted by Crippen LogP contribution is 2.42. The third-order valence-electron chi connectivity index (χ3n) is 5.00. The molecule has 0 unspecified atom stereocenters. The Balaban J connectivity index is 1.82. The normalized spacial score (nSPS) is 25.2. The van der Waals surface area contributed by atoms with E-state index in [1.54, 1.807) is 9.80 Å². The number of benzene rings is 1. The van der Waals surface area contributed by atoms with Crippen molar-refractivity contribution in [2.75, 3.05) is 19.7 Å². The molecule has 0 aromatic heterocycles. The van der Waals surface area contributed by atoms with Gasteiger partial charge in [-0.25, -0.2) is 0 Å². The number of aliphatic hydroxyl groups excluding tert-OH is 1. The predicted molar refractivity (Wildman–Crippen MR) is 94.7 cm³/mol. The van der Waals surface area contributed by atoms with E-state index in [1.807, 2.05) is 24.3 Å². The van der Waals surface area contributed by atoms with Gasteiger partial charge in [-0.15, -0.1) is 0 Å². The standard InChI is InChI=1S/C20H24N2O3/c1-13(2)4-5-15-6-8-16(9-7-15)20-17-10-21(14(3)24)11-19(25)22(17)18(20)12-23/h6-9,13,17-18,20,23H,10-12H2,1-3H3/t17-,18-,20+/m0/s1. The summed E-state index contributed by atoms with van der Waals surface area (Å²) in [6.45, 7) is 6.16. The van der Waals surface area contributed by atoms with E-state index in [9.17, 15) is 14.7 Å². The topological polar surface area (TPSA) is 60.9 Å². The second-order valence-electron chi connectivity index (χ2n) is 7.09. The van der Waals surface area contributed by atoms with E-state index in [0.717, 1.165) is 11.1 Å². The van der Waals surface area contributed by atoms with E-state index in [2.05, 4.69) is 25.7 Å². The largest absolute Gasteiger partial charge is 0.394 e. The molecular weight excluding hydrogens is 316 g/mol. The van der Waals surface area contributed by atoms with Crippen LogP contribution in [0.1, 0.15) is 37.8 Å². The lowest BCUT2D eigenvalue weighted by Gasteiger charge is -2.58. The summed E-state index contributed by atoms with van der Waals surface area (Å²) < 4.78 is 0. The second-order valence-corrected chi connectivity index (χ2v) is 7.09. The highest BCUT2D eigenvalue weighted by atomic mass is 16.3. The molecule has 2 aliphatic rings. The van der Waals surface area contributed by atoms with E-state index < -0.39 is 0 Å². The van der Waals surface area contributed by atoms with Crippen molar-refractivity contribution in [3.8, 4) is 11.8 Å². The molecule has 2 fully saturated rings. The van der Waals surface area contributed by atoms with E-state index in [4.69, 9.17) is 0 Å². The van der Waals surface area contributed by atoms with E-state index in [0.29, 0.717) is 12.5 Å². The molecule has 0 aliphatic carbocycles. The number of amides is 2. The fraction of sp³-hybridized carbons (Fsp3) is 0.500. The highest BCUT2D eigenvalue weighted by molar-refractivity contribution is 5.87. The van der Waals surface area contributed by atoms with Crippen LogP contribution in [0.15, 0.2) is 24.3 Å². The average Bonchev–Trinajstić information content (AvgIpc) is 2.55. The molecular formula is C20H24N2O3. The first-order valence-electron chi connectivity index (χ1n) is 8.71. The maximum atomic E-state index is 12.3. The maximum Gasteiger partial charge on any atom is 0.242 e. The fourth-order valence-electron chi connectivity index (χ4n) is 3.76. The van der Waals surface area contributed by atoms with Gasteiger partial charge in [-0.05, 0) is 17.7 Å². The molecule has 1 aromatic rings. The minimum absolute atomic E-state index is 0.0446. The minimum Gasteiger partial charge on any atom is -0.394 e. The number of hydrogen-bond acceptors (Lipinski definition) is 3. The molecule has 2 saturated heterocycles. The summed E-state index contributed by atoms with van der Waals surface area (Å²) in [7, 11) is 0. The van der Waals surface area contributed by atoms with Crippen LogP contribution < -0.4 is 0 Å². The lowest BCUT2D eigenvalue weighted by atomic mass is 9.73. The summed E-state index contributed by atoms with van der Waals surface area (Å²) in [5.41, 5.74) is 2.04. The van der Waals surface area contributed by atoms with E-state index in [-0.39, 0.29) is 43.0 Å². The van der Waals surface area contributed by atoms with Crippen LogP contribution in [0, 0.1) is 17.8 Å². The zero-order chi connectivity index (χ0) is 18.1. The molecule has 0 spiro atoms. The zero-order valence-corrected chi connectivity index (χ0v) is 14.9. The van der Waals surface area contributed by atoms with Gasteiger partial charge in [0.25, 0.3) is 0 Å². The van der Waals surface area contributed by atoms with Gasteiger partial charge in [-0.3, -0.25) is 9.59 Å². The van der Waals surface area contributed by atoms with Crippen LogP contribution in [0.5, 0.6) is 0 Å². The minimum atomic E-state index is -0.209. The summed E-state index contributed by atoms with van der Waals surface area (Å²) in [6, 6.07) is 7.73. The van der Waals surface area contributed by atoms with Crippen molar-refractivity contribution in [1.29, 1.82) is 0 Å². The number of carbonyl (C=O) groups excluding carboxylic acids is 2. The number of hydrogen-bond donors (Lipinski definition) is 1. The van der Waals surface area contributed by atoms with Crippen molar-refractivity contribution in [2.24, 2.45) is 5.92 Å². The Labute approximate surface area is 148 Å². The third kappa shape index (κ3) is 3.27. The highest BCUT2D eigenvalue weighted by Gasteiger charge is 2.54. The molecule has 0 saturated carbocycles. The summed E-state index contributed by atoms with van der Waals surface area (Å²) in [6.07, 6.45) is 0. The predicted octanol–water partition coefficient (Wildman–Crippen LogP) is 1.21. The molecule has 5 nitrogen and oxygen atoms in total. The summed E-state index contributed by atoms with van der Waals surface area (Å²) >= 11 is 0. The Hall–Kier alpha value is -2.32. The maximum absolute atomic E-state index is 12.3. The fourth-order valence-corrected chi connectivity index (χ4v) is 3.76. The number of nitrogens with zero attached hydrogens (tertiary/aromatic N) is 2. The van der Waals surface area contributed by atoms with Crippen LogP contribution in [0.4, 0.5) is 0 Å². The first kappa shape index (κ1) is 17.5. The van der Waals surface area contributed by atoms with Crippen LogP contribution in [-0.2, 0) is 9.59 Å². The molecule has 0 bridgehead atoms. The van der Waals surface area contributed by atoms with Crippen LogP contribution in [0.3, 0.4) is 0 Å². The van der Waals surface area contributed by atoms with Gasteiger partial charge in [-0.2, -0.15) is 0 Å². The van der Waals surface area contributed by atoms with Gasteiger partial charge < -0.3 is 14.9 Å². The first-order chi connectivity index (χ1) is 11.9. The van der Waals surface area contributed by atoms with Crippen molar-refractivity contribution in [3.05, 3.63) is 35.4 Å². The van der Waals surface area contributed by atoms with Crippen molar-refractivity contribution in [1.82, 2.24) is 9.80 Å². The van der Waals surface area contributed by atoms with Gasteiger partial charge in [0, 0.05) is 30.9 Å². The Morgan fingerprint density at radius 2 is 2.00 bits per heavy atom. The number of carbonyl (C=O) groups is 2. The molecule has 0 radical (unpaired) electrons. The van der Waals surface area contributed by atoms with Gasteiger partial charge >= 0.3 is 0 Å². The summed E-state index contributed by atoms with van der Waals surface area (Å²) in [4.78, 5) is 27.3. The van der Waals surface area contributed by atoms with Gasteiger partial charge in [-0.1, -0.05) is 37.8 Å². The number of aliphatic hydroxyl groups is 1.